The lowest BCUT2D eigenvalue weighted by Crippen LogP contribution is -2.38. The Bertz CT molecular complexity index is 147. The van der Waals surface area contributed by atoms with Gasteiger partial charge < -0.3 is 10.0 Å². The van der Waals surface area contributed by atoms with E-state index in [1.165, 1.54) is 11.3 Å². The molecule has 1 N–H and O–H groups in total. The van der Waals surface area contributed by atoms with E-state index in [1.54, 1.807) is 0 Å². The molecule has 0 saturated carbocycles. The van der Waals surface area contributed by atoms with Gasteiger partial charge in [0.25, 0.3) is 0 Å². The molecule has 0 bridgehead atoms. The second-order valence-corrected chi connectivity index (χ2v) is 3.15. The molecule has 1 rings (SSSR count). The SMILES string of the molecule is CC[C@H]1CCCN(C(=O)O)C1. The van der Waals surface area contributed by atoms with Gasteiger partial charge in [-0.2, -0.15) is 0 Å². The first kappa shape index (κ1) is 8.37. The van der Waals surface area contributed by atoms with E-state index in [4.69, 9.17) is 5.11 Å². The lowest BCUT2D eigenvalue weighted by molar-refractivity contribution is 0.119. The topological polar surface area (TPSA) is 40.5 Å². The fraction of sp³-hybridized carbons (Fsp3) is 0.875. The molecule has 0 aromatic rings. The number of amides is 1. The molecule has 1 aliphatic rings. The molecule has 1 aliphatic heterocycles. The Morgan fingerprint density at radius 2 is 2.45 bits per heavy atom. The van der Waals surface area contributed by atoms with Crippen molar-refractivity contribution in [3.8, 4) is 0 Å². The normalized spacial score (nSPS) is 25.2. The van der Waals surface area contributed by atoms with E-state index in [0.717, 1.165) is 25.9 Å². The number of likely N-dealkylation sites (tertiary alicyclic amines) is 1. The average Bonchev–Trinajstić information content (AvgIpc) is 2.05. The fourth-order valence-corrected chi connectivity index (χ4v) is 1.57. The van der Waals surface area contributed by atoms with E-state index in [2.05, 4.69) is 6.92 Å². The van der Waals surface area contributed by atoms with Crippen LogP contribution in [-0.4, -0.2) is 29.2 Å². The molecule has 1 heterocycles. The predicted molar refractivity (Wildman–Crippen MR) is 42.6 cm³/mol. The minimum Gasteiger partial charge on any atom is -0.465 e. The summed E-state index contributed by atoms with van der Waals surface area (Å²) in [4.78, 5) is 12.1. The summed E-state index contributed by atoms with van der Waals surface area (Å²) in [5.74, 6) is 0.597. The summed E-state index contributed by atoms with van der Waals surface area (Å²) in [7, 11) is 0. The molecule has 0 aliphatic carbocycles. The average molecular weight is 157 g/mol. The van der Waals surface area contributed by atoms with Crippen LogP contribution in [0.3, 0.4) is 0 Å². The van der Waals surface area contributed by atoms with Crippen LogP contribution in [0.1, 0.15) is 26.2 Å². The second-order valence-electron chi connectivity index (χ2n) is 3.15. The molecule has 0 spiro atoms. The molecular weight excluding hydrogens is 142 g/mol. The highest BCUT2D eigenvalue weighted by atomic mass is 16.4. The minimum absolute atomic E-state index is 0.597. The lowest BCUT2D eigenvalue weighted by Gasteiger charge is -2.29. The smallest absolute Gasteiger partial charge is 0.407 e. The van der Waals surface area contributed by atoms with Crippen LogP contribution in [0.25, 0.3) is 0 Å². The van der Waals surface area contributed by atoms with Crippen LogP contribution in [0.2, 0.25) is 0 Å². The summed E-state index contributed by atoms with van der Waals surface area (Å²) < 4.78 is 0. The zero-order valence-corrected chi connectivity index (χ0v) is 6.92. The van der Waals surface area contributed by atoms with Crippen molar-refractivity contribution in [2.45, 2.75) is 26.2 Å². The van der Waals surface area contributed by atoms with Crippen molar-refractivity contribution >= 4 is 6.09 Å². The van der Waals surface area contributed by atoms with Gasteiger partial charge in [0.2, 0.25) is 0 Å². The van der Waals surface area contributed by atoms with E-state index in [-0.39, 0.29) is 0 Å². The quantitative estimate of drug-likeness (QED) is 0.630. The first-order valence-electron chi connectivity index (χ1n) is 4.22. The number of carboxylic acid groups (broad SMARTS) is 1. The molecule has 0 aromatic carbocycles. The third kappa shape index (κ3) is 2.10. The van der Waals surface area contributed by atoms with E-state index in [9.17, 15) is 4.79 Å². The maximum Gasteiger partial charge on any atom is 0.407 e. The Balaban J connectivity index is 2.39. The maximum absolute atomic E-state index is 10.5. The molecule has 1 saturated heterocycles. The Morgan fingerprint density at radius 3 is 3.00 bits per heavy atom. The summed E-state index contributed by atoms with van der Waals surface area (Å²) in [6.07, 6.45) is 2.57. The third-order valence-corrected chi connectivity index (χ3v) is 2.37. The van der Waals surface area contributed by atoms with Gasteiger partial charge in [0, 0.05) is 13.1 Å². The van der Waals surface area contributed by atoms with Crippen LogP contribution in [0.5, 0.6) is 0 Å². The van der Waals surface area contributed by atoms with Gasteiger partial charge in [0.15, 0.2) is 0 Å². The molecule has 0 radical (unpaired) electrons. The predicted octanol–water partition coefficient (Wildman–Crippen LogP) is 1.79. The van der Waals surface area contributed by atoms with Crippen LogP contribution in [0, 0.1) is 5.92 Å². The second kappa shape index (κ2) is 3.60. The zero-order valence-electron chi connectivity index (χ0n) is 6.92. The summed E-state index contributed by atoms with van der Waals surface area (Å²) in [6, 6.07) is 0. The van der Waals surface area contributed by atoms with Gasteiger partial charge in [-0.15, -0.1) is 0 Å². The molecule has 3 nitrogen and oxygen atoms in total. The molecule has 3 heteroatoms. The molecule has 0 aromatic heterocycles. The van der Waals surface area contributed by atoms with Crippen LogP contribution in [-0.2, 0) is 0 Å². The number of hydrogen-bond acceptors (Lipinski definition) is 1. The van der Waals surface area contributed by atoms with E-state index < -0.39 is 6.09 Å². The van der Waals surface area contributed by atoms with Crippen LogP contribution in [0.15, 0.2) is 0 Å². The van der Waals surface area contributed by atoms with Crippen LogP contribution in [0.4, 0.5) is 4.79 Å². The van der Waals surface area contributed by atoms with Crippen molar-refractivity contribution in [3.05, 3.63) is 0 Å². The molecule has 0 unspecified atom stereocenters. The lowest BCUT2D eigenvalue weighted by atomic mass is 9.96. The van der Waals surface area contributed by atoms with Crippen molar-refractivity contribution in [3.63, 3.8) is 0 Å². The number of carbonyl (C=O) groups is 1. The molecular formula is C8H15NO2. The molecule has 64 valence electrons. The van der Waals surface area contributed by atoms with Gasteiger partial charge in [0.1, 0.15) is 0 Å². The van der Waals surface area contributed by atoms with Crippen molar-refractivity contribution in [2.24, 2.45) is 5.92 Å². The molecule has 1 amide bonds. The highest BCUT2D eigenvalue weighted by Gasteiger charge is 2.21. The van der Waals surface area contributed by atoms with E-state index in [0.29, 0.717) is 5.92 Å². The van der Waals surface area contributed by atoms with Gasteiger partial charge in [-0.05, 0) is 18.8 Å². The maximum atomic E-state index is 10.5. The first-order chi connectivity index (χ1) is 5.24. The van der Waals surface area contributed by atoms with Crippen LogP contribution < -0.4 is 0 Å². The Labute approximate surface area is 67.0 Å². The standard InChI is InChI=1S/C8H15NO2/c1-2-7-4-3-5-9(6-7)8(10)11/h7H,2-6H2,1H3,(H,10,11)/t7-/m0/s1. The summed E-state index contributed by atoms with van der Waals surface area (Å²) in [5.41, 5.74) is 0. The summed E-state index contributed by atoms with van der Waals surface area (Å²) >= 11 is 0. The molecule has 11 heavy (non-hydrogen) atoms. The first-order valence-corrected chi connectivity index (χ1v) is 4.22. The van der Waals surface area contributed by atoms with Crippen molar-refractivity contribution in [1.29, 1.82) is 0 Å². The Hall–Kier alpha value is -0.730. The number of piperidine rings is 1. The fourth-order valence-electron chi connectivity index (χ4n) is 1.57. The van der Waals surface area contributed by atoms with Gasteiger partial charge in [0.05, 0.1) is 0 Å². The van der Waals surface area contributed by atoms with Gasteiger partial charge in [-0.25, -0.2) is 4.79 Å². The Morgan fingerprint density at radius 1 is 1.73 bits per heavy atom. The highest BCUT2D eigenvalue weighted by Crippen LogP contribution is 2.18. The molecule has 1 atom stereocenters. The van der Waals surface area contributed by atoms with E-state index >= 15 is 0 Å². The number of nitrogens with zero attached hydrogens (tertiary/aromatic N) is 1. The molecule has 1 fully saturated rings. The third-order valence-electron chi connectivity index (χ3n) is 2.37. The number of rotatable bonds is 1. The highest BCUT2D eigenvalue weighted by molar-refractivity contribution is 5.65. The van der Waals surface area contributed by atoms with Gasteiger partial charge >= 0.3 is 6.09 Å². The van der Waals surface area contributed by atoms with Crippen LogP contribution >= 0.6 is 0 Å². The van der Waals surface area contributed by atoms with Crippen molar-refractivity contribution in [2.75, 3.05) is 13.1 Å². The van der Waals surface area contributed by atoms with Crippen molar-refractivity contribution in [1.82, 2.24) is 4.90 Å². The Kier molecular flexibility index (Phi) is 2.74. The van der Waals surface area contributed by atoms with Crippen molar-refractivity contribution < 1.29 is 9.90 Å². The van der Waals surface area contributed by atoms with E-state index in [1.807, 2.05) is 0 Å². The minimum atomic E-state index is -0.761. The largest absolute Gasteiger partial charge is 0.465 e. The zero-order chi connectivity index (χ0) is 8.27. The van der Waals surface area contributed by atoms with Gasteiger partial charge in [-0.3, -0.25) is 0 Å². The van der Waals surface area contributed by atoms with Gasteiger partial charge in [-0.1, -0.05) is 13.3 Å². The summed E-state index contributed by atoms with van der Waals surface area (Å²) in [6.45, 7) is 3.59. The monoisotopic (exact) mass is 157 g/mol. The number of hydrogen-bond donors (Lipinski definition) is 1. The summed E-state index contributed by atoms with van der Waals surface area (Å²) in [5, 5.41) is 8.68.